The molecule has 0 saturated carbocycles. The Kier molecular flexibility index (Phi) is 6.67. The fourth-order valence-corrected chi connectivity index (χ4v) is 3.07. The molecule has 1 aromatic rings. The molecule has 0 aromatic carbocycles. The number of carbonyl (C=O) groups excluding carboxylic acids is 2. The van der Waals surface area contributed by atoms with Gasteiger partial charge in [0.15, 0.2) is 0 Å². The number of hydrogen-bond acceptors (Lipinski definition) is 4. The zero-order valence-corrected chi connectivity index (χ0v) is 15.1. The van der Waals surface area contributed by atoms with E-state index in [2.05, 4.69) is 21.2 Å². The number of thiophene rings is 1. The van der Waals surface area contributed by atoms with Crippen molar-refractivity contribution in [2.75, 3.05) is 13.6 Å². The second-order valence-electron chi connectivity index (χ2n) is 5.63. The number of ether oxygens (including phenoxy) is 1. The lowest BCUT2D eigenvalue weighted by Gasteiger charge is -2.20. The van der Waals surface area contributed by atoms with E-state index >= 15 is 0 Å². The summed E-state index contributed by atoms with van der Waals surface area (Å²) >= 11 is 5.00. The lowest BCUT2D eigenvalue weighted by atomic mass is 10.2. The Morgan fingerprint density at radius 3 is 2.57 bits per heavy atom. The summed E-state index contributed by atoms with van der Waals surface area (Å²) in [5.74, 6) is -0.0180. The SMILES string of the molecule is CN(Cc1ccc(Br)s1)C(=O)CCNC(=O)OC(C)(C)C. The van der Waals surface area contributed by atoms with Crippen LogP contribution in [0.1, 0.15) is 32.1 Å². The van der Waals surface area contributed by atoms with Crippen molar-refractivity contribution in [3.05, 3.63) is 20.8 Å². The largest absolute Gasteiger partial charge is 0.444 e. The van der Waals surface area contributed by atoms with Gasteiger partial charge < -0.3 is 15.0 Å². The van der Waals surface area contributed by atoms with E-state index < -0.39 is 11.7 Å². The third-order valence-electron chi connectivity index (χ3n) is 2.45. The molecule has 0 saturated heterocycles. The summed E-state index contributed by atoms with van der Waals surface area (Å²) in [5.41, 5.74) is -0.530. The van der Waals surface area contributed by atoms with Crippen LogP contribution in [0.3, 0.4) is 0 Å². The summed E-state index contributed by atoms with van der Waals surface area (Å²) in [5, 5.41) is 2.58. The quantitative estimate of drug-likeness (QED) is 0.856. The van der Waals surface area contributed by atoms with Crippen molar-refractivity contribution in [3.8, 4) is 0 Å². The molecule has 1 heterocycles. The van der Waals surface area contributed by atoms with Gasteiger partial charge in [-0.2, -0.15) is 0 Å². The Hall–Kier alpha value is -1.08. The number of nitrogens with zero attached hydrogens (tertiary/aromatic N) is 1. The van der Waals surface area contributed by atoms with Gasteiger partial charge in [-0.15, -0.1) is 11.3 Å². The molecule has 0 atom stereocenters. The molecule has 0 aliphatic heterocycles. The van der Waals surface area contributed by atoms with Crippen molar-refractivity contribution in [2.24, 2.45) is 0 Å². The second-order valence-corrected chi connectivity index (χ2v) is 8.18. The molecule has 1 rings (SSSR count). The first-order chi connectivity index (χ1) is 9.67. The number of halogens is 1. The van der Waals surface area contributed by atoms with E-state index in [1.165, 1.54) is 0 Å². The van der Waals surface area contributed by atoms with E-state index in [1.54, 1.807) is 44.1 Å². The standard InChI is InChI=1S/C14H21BrN2O3S/c1-14(2,3)20-13(19)16-8-7-12(18)17(4)9-10-5-6-11(15)21-10/h5-6H,7-9H2,1-4H3,(H,16,19). The summed E-state index contributed by atoms with van der Waals surface area (Å²) in [6, 6.07) is 3.94. The van der Waals surface area contributed by atoms with Crippen LogP contribution >= 0.6 is 27.3 Å². The van der Waals surface area contributed by atoms with Gasteiger partial charge in [-0.3, -0.25) is 4.79 Å². The Morgan fingerprint density at radius 2 is 2.05 bits per heavy atom. The average Bonchev–Trinajstić information content (AvgIpc) is 2.72. The van der Waals surface area contributed by atoms with E-state index in [0.29, 0.717) is 6.54 Å². The minimum absolute atomic E-state index is 0.0180. The fraction of sp³-hybridized carbons (Fsp3) is 0.571. The van der Waals surface area contributed by atoms with Gasteiger partial charge >= 0.3 is 6.09 Å². The van der Waals surface area contributed by atoms with Crippen LogP contribution in [-0.4, -0.2) is 36.1 Å². The van der Waals surface area contributed by atoms with Crippen LogP contribution in [-0.2, 0) is 16.1 Å². The number of carbonyl (C=O) groups is 2. The van der Waals surface area contributed by atoms with Gasteiger partial charge in [-0.1, -0.05) is 0 Å². The van der Waals surface area contributed by atoms with Crippen molar-refractivity contribution in [3.63, 3.8) is 0 Å². The molecule has 0 unspecified atom stereocenters. The highest BCUT2D eigenvalue weighted by Crippen LogP contribution is 2.23. The monoisotopic (exact) mass is 376 g/mol. The van der Waals surface area contributed by atoms with Gasteiger partial charge in [0, 0.05) is 24.9 Å². The lowest BCUT2D eigenvalue weighted by molar-refractivity contribution is -0.130. The third-order valence-corrected chi connectivity index (χ3v) is 4.06. The minimum Gasteiger partial charge on any atom is -0.444 e. The fourth-order valence-electron chi connectivity index (χ4n) is 1.54. The van der Waals surface area contributed by atoms with E-state index in [0.717, 1.165) is 8.66 Å². The highest BCUT2D eigenvalue weighted by molar-refractivity contribution is 9.11. The predicted molar refractivity (Wildman–Crippen MR) is 87.3 cm³/mol. The molecule has 5 nitrogen and oxygen atoms in total. The Labute approximate surface area is 137 Å². The molecule has 118 valence electrons. The minimum atomic E-state index is -0.530. The van der Waals surface area contributed by atoms with Crippen molar-refractivity contribution < 1.29 is 14.3 Å². The molecular weight excluding hydrogens is 356 g/mol. The molecular formula is C14H21BrN2O3S. The molecule has 0 bridgehead atoms. The number of rotatable bonds is 5. The first-order valence-electron chi connectivity index (χ1n) is 6.62. The van der Waals surface area contributed by atoms with Gasteiger partial charge in [-0.05, 0) is 48.8 Å². The Morgan fingerprint density at radius 1 is 1.38 bits per heavy atom. The van der Waals surface area contributed by atoms with Crippen LogP contribution in [0.2, 0.25) is 0 Å². The van der Waals surface area contributed by atoms with Crippen LogP contribution in [0, 0.1) is 0 Å². The molecule has 1 aromatic heterocycles. The van der Waals surface area contributed by atoms with Crippen molar-refractivity contribution >= 4 is 39.3 Å². The van der Waals surface area contributed by atoms with Crippen molar-refractivity contribution in [1.29, 1.82) is 0 Å². The highest BCUT2D eigenvalue weighted by Gasteiger charge is 2.16. The van der Waals surface area contributed by atoms with Gasteiger partial charge in [0.25, 0.3) is 0 Å². The van der Waals surface area contributed by atoms with E-state index in [4.69, 9.17) is 4.74 Å². The summed E-state index contributed by atoms with van der Waals surface area (Å²) in [7, 11) is 1.75. The van der Waals surface area contributed by atoms with Crippen LogP contribution < -0.4 is 5.32 Å². The zero-order valence-electron chi connectivity index (χ0n) is 12.7. The van der Waals surface area contributed by atoms with E-state index in [1.807, 2.05) is 12.1 Å². The predicted octanol–water partition coefficient (Wildman–Crippen LogP) is 3.38. The van der Waals surface area contributed by atoms with E-state index in [-0.39, 0.29) is 18.9 Å². The van der Waals surface area contributed by atoms with Crippen LogP contribution in [0.5, 0.6) is 0 Å². The van der Waals surface area contributed by atoms with Crippen molar-refractivity contribution in [2.45, 2.75) is 39.3 Å². The van der Waals surface area contributed by atoms with Crippen LogP contribution in [0.15, 0.2) is 15.9 Å². The maximum absolute atomic E-state index is 11.9. The van der Waals surface area contributed by atoms with Gasteiger partial charge in [0.2, 0.25) is 5.91 Å². The molecule has 0 aliphatic rings. The zero-order chi connectivity index (χ0) is 16.0. The van der Waals surface area contributed by atoms with Crippen LogP contribution in [0.4, 0.5) is 4.79 Å². The van der Waals surface area contributed by atoms with Gasteiger partial charge in [0.05, 0.1) is 10.3 Å². The maximum atomic E-state index is 11.9. The average molecular weight is 377 g/mol. The third kappa shape index (κ3) is 7.47. The molecule has 2 amide bonds. The number of hydrogen-bond donors (Lipinski definition) is 1. The van der Waals surface area contributed by atoms with Gasteiger partial charge in [0.1, 0.15) is 5.60 Å². The topological polar surface area (TPSA) is 58.6 Å². The Balaban J connectivity index is 2.28. The first-order valence-corrected chi connectivity index (χ1v) is 8.23. The van der Waals surface area contributed by atoms with Crippen LogP contribution in [0.25, 0.3) is 0 Å². The Bertz CT molecular complexity index is 497. The molecule has 21 heavy (non-hydrogen) atoms. The highest BCUT2D eigenvalue weighted by atomic mass is 79.9. The van der Waals surface area contributed by atoms with E-state index in [9.17, 15) is 9.59 Å². The molecule has 0 radical (unpaired) electrons. The maximum Gasteiger partial charge on any atom is 0.407 e. The molecule has 1 N–H and O–H groups in total. The normalized spacial score (nSPS) is 11.1. The molecule has 0 spiro atoms. The first kappa shape index (κ1) is 18.0. The molecule has 0 fully saturated rings. The number of amides is 2. The number of alkyl carbamates (subject to hydrolysis) is 1. The molecule has 0 aliphatic carbocycles. The molecule has 7 heteroatoms. The summed E-state index contributed by atoms with van der Waals surface area (Å²) in [6.45, 7) is 6.23. The van der Waals surface area contributed by atoms with Crippen molar-refractivity contribution in [1.82, 2.24) is 10.2 Å². The number of nitrogens with one attached hydrogen (secondary N) is 1. The summed E-state index contributed by atoms with van der Waals surface area (Å²) < 4.78 is 6.15. The second kappa shape index (κ2) is 7.79. The summed E-state index contributed by atoms with van der Waals surface area (Å²) in [4.78, 5) is 26.1. The van der Waals surface area contributed by atoms with Gasteiger partial charge in [-0.25, -0.2) is 4.79 Å². The lowest BCUT2D eigenvalue weighted by Crippen LogP contribution is -2.35. The smallest absolute Gasteiger partial charge is 0.407 e. The summed E-state index contributed by atoms with van der Waals surface area (Å²) in [6.07, 6.45) is -0.248.